The smallest absolute Gasteiger partial charge is 0.329 e. The number of fused-ring (bicyclic) bond motifs is 2. The van der Waals surface area contributed by atoms with E-state index in [0.29, 0.717) is 65.6 Å². The van der Waals surface area contributed by atoms with Crippen molar-refractivity contribution in [2.45, 2.75) is 59.0 Å². The minimum Gasteiger partial charge on any atom is -0.342 e. The van der Waals surface area contributed by atoms with E-state index in [9.17, 15) is 19.2 Å². The van der Waals surface area contributed by atoms with Gasteiger partial charge in [-0.05, 0) is 43.9 Å². The first-order valence-electron chi connectivity index (χ1n) is 14.5. The Kier molecular flexibility index (Phi) is 6.86. The fourth-order valence-corrected chi connectivity index (χ4v) is 6.16. The molecule has 2 saturated heterocycles. The maximum Gasteiger partial charge on any atom is 0.329 e. The number of nitrogens with zero attached hydrogens (tertiary/aromatic N) is 8. The fourth-order valence-electron chi connectivity index (χ4n) is 6.16. The van der Waals surface area contributed by atoms with Gasteiger partial charge in [0.25, 0.3) is 11.1 Å². The number of anilines is 2. The molecule has 0 aromatic carbocycles. The lowest BCUT2D eigenvalue weighted by Crippen LogP contribution is -2.35. The molecule has 6 heterocycles. The zero-order valence-electron chi connectivity index (χ0n) is 24.1. The van der Waals surface area contributed by atoms with Gasteiger partial charge >= 0.3 is 11.4 Å². The molecule has 4 aromatic rings. The number of aryl methyl sites for hydroxylation is 4. The summed E-state index contributed by atoms with van der Waals surface area (Å²) in [5.74, 6) is 2.60. The van der Waals surface area contributed by atoms with E-state index in [1.807, 2.05) is 9.13 Å². The van der Waals surface area contributed by atoms with Crippen LogP contribution in [-0.4, -0.2) is 64.4 Å². The van der Waals surface area contributed by atoms with Crippen LogP contribution in [0.3, 0.4) is 0 Å². The van der Waals surface area contributed by atoms with E-state index in [-0.39, 0.29) is 0 Å². The van der Waals surface area contributed by atoms with Crippen molar-refractivity contribution in [2.24, 2.45) is 25.9 Å². The van der Waals surface area contributed by atoms with Gasteiger partial charge in [0.15, 0.2) is 22.3 Å². The van der Waals surface area contributed by atoms with Crippen LogP contribution < -0.4 is 32.3 Å². The van der Waals surface area contributed by atoms with Gasteiger partial charge in [0, 0.05) is 53.4 Å². The summed E-state index contributed by atoms with van der Waals surface area (Å²) < 4.78 is 6.57. The van der Waals surface area contributed by atoms with Crippen molar-refractivity contribution in [3.63, 3.8) is 0 Å². The van der Waals surface area contributed by atoms with E-state index in [1.54, 1.807) is 14.1 Å². The van der Waals surface area contributed by atoms with Crippen molar-refractivity contribution in [2.75, 3.05) is 36.0 Å². The first-order chi connectivity index (χ1) is 19.6. The number of nitrogens with one attached hydrogen (secondary N) is 2. The van der Waals surface area contributed by atoms with Crippen molar-refractivity contribution in [1.29, 1.82) is 0 Å². The van der Waals surface area contributed by atoms with Crippen molar-refractivity contribution in [1.82, 2.24) is 38.2 Å². The van der Waals surface area contributed by atoms with Gasteiger partial charge in [0.2, 0.25) is 11.9 Å². The number of aromatic amines is 2. The van der Waals surface area contributed by atoms with Crippen molar-refractivity contribution in [3.05, 3.63) is 41.7 Å². The molecule has 4 aromatic heterocycles. The molecular weight excluding hydrogens is 528 g/mol. The monoisotopic (exact) mass is 566 g/mol. The van der Waals surface area contributed by atoms with Crippen LogP contribution >= 0.6 is 0 Å². The van der Waals surface area contributed by atoms with Gasteiger partial charge in [-0.1, -0.05) is 13.8 Å². The normalized spacial score (nSPS) is 17.4. The lowest BCUT2D eigenvalue weighted by molar-refractivity contribution is 0.427. The van der Waals surface area contributed by atoms with E-state index in [4.69, 9.17) is 9.97 Å². The standard InChI is InChI=1S/C27H38N10O4/c1-16-6-12-34(13-7-16)24-28-20-18(22(38)30-26(40)32(20)3)36(24)10-5-11-37-19-21(33(4)27(41)31-23(19)39)29-25(37)35-14-8-17(2)9-15-35/h16-17H,5-15H2,1-4H3,(H,30,38,40)(H,31,39,41). The topological polar surface area (TPSA) is 152 Å². The fraction of sp³-hybridized carbons (Fsp3) is 0.630. The second-order valence-electron chi connectivity index (χ2n) is 11.8. The Bertz CT molecular complexity index is 1700. The SMILES string of the molecule is CC1CCN(c2nc3c(c(=O)[nH]c(=O)n3C)n2CCCn2c(N3CCC(C)CC3)nc3c2c(=O)[nH]c(=O)n3C)CC1. The molecule has 220 valence electrons. The molecule has 14 nitrogen and oxygen atoms in total. The molecule has 14 heteroatoms. The molecule has 2 N–H and O–H groups in total. The lowest BCUT2D eigenvalue weighted by Gasteiger charge is -2.32. The molecule has 41 heavy (non-hydrogen) atoms. The maximum absolute atomic E-state index is 13.0. The van der Waals surface area contributed by atoms with Crippen molar-refractivity contribution < 1.29 is 0 Å². The van der Waals surface area contributed by atoms with Gasteiger partial charge in [-0.25, -0.2) is 9.59 Å². The van der Waals surface area contributed by atoms with Gasteiger partial charge < -0.3 is 18.9 Å². The summed E-state index contributed by atoms with van der Waals surface area (Å²) in [5.41, 5.74) is -0.486. The molecular formula is C27H38N10O4. The molecule has 0 unspecified atom stereocenters. The third-order valence-corrected chi connectivity index (χ3v) is 8.87. The lowest BCUT2D eigenvalue weighted by atomic mass is 10.00. The van der Waals surface area contributed by atoms with Gasteiger partial charge in [0.1, 0.15) is 0 Å². The number of imidazole rings is 2. The van der Waals surface area contributed by atoms with E-state index >= 15 is 0 Å². The van der Waals surface area contributed by atoms with E-state index in [1.165, 1.54) is 9.13 Å². The highest BCUT2D eigenvalue weighted by Crippen LogP contribution is 2.28. The number of piperidine rings is 2. The minimum atomic E-state index is -0.499. The Morgan fingerprint density at radius 1 is 0.659 bits per heavy atom. The van der Waals surface area contributed by atoms with Crippen LogP contribution in [-0.2, 0) is 27.2 Å². The van der Waals surface area contributed by atoms with Crippen LogP contribution in [0.25, 0.3) is 22.3 Å². The predicted octanol–water partition coefficient (Wildman–Crippen LogP) is 0.723. The highest BCUT2D eigenvalue weighted by Gasteiger charge is 2.27. The largest absolute Gasteiger partial charge is 0.342 e. The highest BCUT2D eigenvalue weighted by molar-refractivity contribution is 5.75. The average Bonchev–Trinajstić information content (AvgIpc) is 3.52. The predicted molar refractivity (Wildman–Crippen MR) is 157 cm³/mol. The van der Waals surface area contributed by atoms with Gasteiger partial charge in [0.05, 0.1) is 0 Å². The molecule has 0 bridgehead atoms. The Balaban J connectivity index is 1.39. The molecule has 0 radical (unpaired) electrons. The molecule has 2 fully saturated rings. The summed E-state index contributed by atoms with van der Waals surface area (Å²) >= 11 is 0. The molecule has 0 aliphatic carbocycles. The Labute approximate surface area is 235 Å². The quantitative estimate of drug-likeness (QED) is 0.347. The first kappa shape index (κ1) is 27.1. The van der Waals surface area contributed by atoms with E-state index in [0.717, 1.165) is 51.9 Å². The van der Waals surface area contributed by atoms with Crippen molar-refractivity contribution >= 4 is 34.2 Å². The molecule has 0 saturated carbocycles. The number of hydrogen-bond acceptors (Lipinski definition) is 8. The maximum atomic E-state index is 13.0. The summed E-state index contributed by atoms with van der Waals surface area (Å²) in [6.07, 6.45) is 4.67. The van der Waals surface area contributed by atoms with Gasteiger partial charge in [-0.15, -0.1) is 0 Å². The minimum absolute atomic E-state index is 0.357. The van der Waals surface area contributed by atoms with E-state index < -0.39 is 22.5 Å². The average molecular weight is 567 g/mol. The summed E-state index contributed by atoms with van der Waals surface area (Å²) in [6.45, 7) is 8.65. The van der Waals surface area contributed by atoms with Crippen LogP contribution in [0.5, 0.6) is 0 Å². The zero-order chi connectivity index (χ0) is 29.0. The van der Waals surface area contributed by atoms with E-state index in [2.05, 4.69) is 33.6 Å². The van der Waals surface area contributed by atoms with Gasteiger partial charge in [-0.2, -0.15) is 9.97 Å². The van der Waals surface area contributed by atoms with Crippen LogP contribution in [0.15, 0.2) is 19.2 Å². The van der Waals surface area contributed by atoms with Crippen LogP contribution in [0.2, 0.25) is 0 Å². The molecule has 0 spiro atoms. The molecule has 0 atom stereocenters. The van der Waals surface area contributed by atoms with Crippen LogP contribution in [0.1, 0.15) is 46.0 Å². The highest BCUT2D eigenvalue weighted by atomic mass is 16.2. The Hall–Kier alpha value is -4.10. The first-order valence-corrected chi connectivity index (χ1v) is 14.5. The van der Waals surface area contributed by atoms with Gasteiger partial charge in [-0.3, -0.25) is 28.7 Å². The second kappa shape index (κ2) is 10.4. The molecule has 2 aliphatic rings. The summed E-state index contributed by atoms with van der Waals surface area (Å²) in [5, 5.41) is 0. The molecule has 0 amide bonds. The number of rotatable bonds is 6. The third kappa shape index (κ3) is 4.68. The summed E-state index contributed by atoms with van der Waals surface area (Å²) in [7, 11) is 3.22. The van der Waals surface area contributed by atoms with Crippen LogP contribution in [0, 0.1) is 11.8 Å². The second-order valence-corrected chi connectivity index (χ2v) is 11.8. The number of hydrogen-bond donors (Lipinski definition) is 2. The summed E-state index contributed by atoms with van der Waals surface area (Å²) in [6, 6.07) is 0. The number of aromatic nitrogens is 8. The molecule has 6 rings (SSSR count). The summed E-state index contributed by atoms with van der Waals surface area (Å²) in [4.78, 5) is 69.6. The Morgan fingerprint density at radius 2 is 1.02 bits per heavy atom. The number of H-pyrrole nitrogens is 2. The third-order valence-electron chi connectivity index (χ3n) is 8.87. The zero-order valence-corrected chi connectivity index (χ0v) is 24.1. The van der Waals surface area contributed by atoms with Crippen LogP contribution in [0.4, 0.5) is 11.9 Å². The van der Waals surface area contributed by atoms with Crippen molar-refractivity contribution in [3.8, 4) is 0 Å². The Morgan fingerprint density at radius 3 is 1.39 bits per heavy atom. The molecule has 2 aliphatic heterocycles.